The van der Waals surface area contributed by atoms with Crippen LogP contribution in [0.5, 0.6) is 17.2 Å². The van der Waals surface area contributed by atoms with E-state index in [-0.39, 0.29) is 5.56 Å². The van der Waals surface area contributed by atoms with Gasteiger partial charge in [-0.1, -0.05) is 0 Å². The first-order valence-electron chi connectivity index (χ1n) is 4.03. The Morgan fingerprint density at radius 2 is 1.88 bits per heavy atom. The van der Waals surface area contributed by atoms with Crippen molar-refractivity contribution in [1.29, 1.82) is 5.26 Å². The number of aliphatic carboxylic acids is 1. The molecule has 1 aromatic rings. The number of carboxylic acids is 1. The predicted molar refractivity (Wildman–Crippen MR) is 50.4 cm³/mol. The Morgan fingerprint density at radius 3 is 2.25 bits per heavy atom. The molecule has 0 aliphatic rings. The van der Waals surface area contributed by atoms with Crippen molar-refractivity contribution in [2.75, 3.05) is 0 Å². The van der Waals surface area contributed by atoms with E-state index in [0.717, 1.165) is 18.2 Å². The first-order valence-corrected chi connectivity index (χ1v) is 4.03. The molecular formula is C10H6NO5-. The molecule has 6 heteroatoms. The molecule has 0 aromatic heterocycles. The third-order valence-electron chi connectivity index (χ3n) is 1.73. The molecule has 0 radical (unpaired) electrons. The Bertz CT molecular complexity index is 489. The minimum Gasteiger partial charge on any atom is -0.867 e. The van der Waals surface area contributed by atoms with Crippen LogP contribution in [-0.2, 0) is 4.79 Å². The molecule has 0 aliphatic carbocycles. The number of nitrogens with zero attached hydrogens (tertiary/aromatic N) is 1. The van der Waals surface area contributed by atoms with Crippen molar-refractivity contribution in [2.45, 2.75) is 0 Å². The van der Waals surface area contributed by atoms with Crippen LogP contribution in [0.15, 0.2) is 17.7 Å². The molecule has 82 valence electrons. The van der Waals surface area contributed by atoms with Gasteiger partial charge in [-0.25, -0.2) is 4.79 Å². The minimum atomic E-state index is -1.44. The molecule has 16 heavy (non-hydrogen) atoms. The zero-order valence-electron chi connectivity index (χ0n) is 7.84. The molecule has 0 unspecified atom stereocenters. The quantitative estimate of drug-likeness (QED) is 0.481. The summed E-state index contributed by atoms with van der Waals surface area (Å²) in [4.78, 5) is 10.5. The molecule has 0 fully saturated rings. The van der Waals surface area contributed by atoms with Gasteiger partial charge in [-0.15, -0.1) is 0 Å². The number of carbonyl (C=O) groups is 1. The molecule has 0 amide bonds. The van der Waals surface area contributed by atoms with E-state index >= 15 is 0 Å². The number of hydrogen-bond acceptors (Lipinski definition) is 5. The van der Waals surface area contributed by atoms with Crippen molar-refractivity contribution < 1.29 is 25.2 Å². The van der Waals surface area contributed by atoms with Crippen LogP contribution in [0.1, 0.15) is 5.56 Å². The van der Waals surface area contributed by atoms with Gasteiger partial charge in [-0.3, -0.25) is 0 Å². The molecule has 0 aliphatic heterocycles. The van der Waals surface area contributed by atoms with Crippen LogP contribution in [0, 0.1) is 11.3 Å². The van der Waals surface area contributed by atoms with E-state index < -0.39 is 28.8 Å². The normalized spacial score (nSPS) is 10.8. The second-order valence-electron chi connectivity index (χ2n) is 2.86. The zero-order valence-corrected chi connectivity index (χ0v) is 7.84. The van der Waals surface area contributed by atoms with Crippen LogP contribution >= 0.6 is 0 Å². The maximum Gasteiger partial charge on any atom is 0.346 e. The highest BCUT2D eigenvalue weighted by molar-refractivity contribution is 5.96. The number of nitriles is 1. The van der Waals surface area contributed by atoms with Gasteiger partial charge >= 0.3 is 5.97 Å². The standard InChI is InChI=1S/C10H7NO5/c11-4-6(10(15)16)1-5-2-7(12)9(14)8(13)3-5/h1-3,12-14H,(H,15,16)/p-1/b6-1+. The molecule has 3 N–H and O–H groups in total. The van der Waals surface area contributed by atoms with Gasteiger partial charge in [0.2, 0.25) is 0 Å². The van der Waals surface area contributed by atoms with Gasteiger partial charge in [0.05, 0.1) is 0 Å². The first-order chi connectivity index (χ1) is 7.45. The van der Waals surface area contributed by atoms with Crippen molar-refractivity contribution in [3.05, 3.63) is 23.3 Å². The van der Waals surface area contributed by atoms with E-state index in [4.69, 9.17) is 20.6 Å². The lowest BCUT2D eigenvalue weighted by Crippen LogP contribution is -1.97. The lowest BCUT2D eigenvalue weighted by atomic mass is 10.1. The summed E-state index contributed by atoms with van der Waals surface area (Å²) in [5, 5.41) is 46.1. The van der Waals surface area contributed by atoms with Crippen LogP contribution in [0.2, 0.25) is 0 Å². The summed E-state index contributed by atoms with van der Waals surface area (Å²) in [7, 11) is 0. The van der Waals surface area contributed by atoms with Gasteiger partial charge in [-0.2, -0.15) is 5.26 Å². The number of phenolic OH excluding ortho intramolecular Hbond substituents is 2. The molecule has 0 heterocycles. The van der Waals surface area contributed by atoms with Gasteiger partial charge in [0.15, 0.2) is 0 Å². The van der Waals surface area contributed by atoms with Gasteiger partial charge in [0.25, 0.3) is 0 Å². The summed E-state index contributed by atoms with van der Waals surface area (Å²) in [6.45, 7) is 0. The molecule has 0 spiro atoms. The Morgan fingerprint density at radius 1 is 1.38 bits per heavy atom. The number of benzene rings is 1. The van der Waals surface area contributed by atoms with Crippen molar-refractivity contribution in [2.24, 2.45) is 0 Å². The average molecular weight is 220 g/mol. The fourth-order valence-electron chi connectivity index (χ4n) is 1.01. The molecule has 0 bridgehead atoms. The molecule has 1 rings (SSSR count). The van der Waals surface area contributed by atoms with Crippen LogP contribution in [0.4, 0.5) is 0 Å². The minimum absolute atomic E-state index is 0.0496. The fraction of sp³-hybridized carbons (Fsp3) is 0. The van der Waals surface area contributed by atoms with Crippen molar-refractivity contribution in [3.63, 3.8) is 0 Å². The maximum absolute atomic E-state index is 10.9. The van der Waals surface area contributed by atoms with Crippen LogP contribution in [0.3, 0.4) is 0 Å². The predicted octanol–water partition coefficient (Wildman–Crippen LogP) is 0.163. The van der Waals surface area contributed by atoms with E-state index in [0.29, 0.717) is 0 Å². The lowest BCUT2D eigenvalue weighted by molar-refractivity contribution is -0.272. The topological polar surface area (TPSA) is 125 Å². The monoisotopic (exact) mass is 220 g/mol. The second kappa shape index (κ2) is 4.23. The van der Waals surface area contributed by atoms with E-state index in [9.17, 15) is 9.90 Å². The van der Waals surface area contributed by atoms with E-state index in [1.807, 2.05) is 0 Å². The molecular weight excluding hydrogens is 214 g/mol. The first kappa shape index (κ1) is 11.4. The number of rotatable bonds is 2. The summed E-state index contributed by atoms with van der Waals surface area (Å²) in [6.07, 6.45) is 0.932. The molecule has 0 saturated carbocycles. The summed E-state index contributed by atoms with van der Waals surface area (Å²) in [5.74, 6) is -3.82. The largest absolute Gasteiger partial charge is 0.867 e. The Kier molecular flexibility index (Phi) is 3.01. The van der Waals surface area contributed by atoms with E-state index in [1.54, 1.807) is 0 Å². The van der Waals surface area contributed by atoms with Gasteiger partial charge in [0, 0.05) is 0 Å². The van der Waals surface area contributed by atoms with Gasteiger partial charge < -0.3 is 20.4 Å². The molecule has 1 aromatic carbocycles. The van der Waals surface area contributed by atoms with Crippen LogP contribution in [0.25, 0.3) is 6.08 Å². The Balaban J connectivity index is 3.27. The summed E-state index contributed by atoms with van der Waals surface area (Å²) in [5.41, 5.74) is -0.522. The second-order valence-corrected chi connectivity index (χ2v) is 2.86. The average Bonchev–Trinajstić information content (AvgIpc) is 2.21. The SMILES string of the molecule is N#C/C(=C\c1cc(O)c([O-])c(O)c1)C(=O)O. The van der Waals surface area contributed by atoms with Gasteiger partial charge in [0.1, 0.15) is 23.1 Å². The lowest BCUT2D eigenvalue weighted by Gasteiger charge is -2.11. The van der Waals surface area contributed by atoms with Crippen LogP contribution < -0.4 is 5.11 Å². The van der Waals surface area contributed by atoms with Gasteiger partial charge in [-0.05, 0) is 29.5 Å². The summed E-state index contributed by atoms with van der Waals surface area (Å²) >= 11 is 0. The van der Waals surface area contributed by atoms with E-state index in [1.165, 1.54) is 6.07 Å². The smallest absolute Gasteiger partial charge is 0.346 e. The van der Waals surface area contributed by atoms with Crippen molar-refractivity contribution in [3.8, 4) is 23.3 Å². The highest BCUT2D eigenvalue weighted by Crippen LogP contribution is 2.33. The van der Waals surface area contributed by atoms with Crippen molar-refractivity contribution >= 4 is 12.0 Å². The van der Waals surface area contributed by atoms with Crippen molar-refractivity contribution in [1.82, 2.24) is 0 Å². The number of phenols is 2. The number of carboxylic acid groups (broad SMARTS) is 1. The Hall–Kier alpha value is -2.68. The maximum atomic E-state index is 10.9. The number of aromatic hydroxyl groups is 2. The van der Waals surface area contributed by atoms with E-state index in [2.05, 4.69) is 0 Å². The Labute approximate surface area is 89.9 Å². The van der Waals surface area contributed by atoms with Crippen LogP contribution in [-0.4, -0.2) is 21.3 Å². The molecule has 6 nitrogen and oxygen atoms in total. The summed E-state index contributed by atoms with van der Waals surface area (Å²) < 4.78 is 0. The fourth-order valence-corrected chi connectivity index (χ4v) is 1.01. The third-order valence-corrected chi connectivity index (χ3v) is 1.73. The molecule has 0 saturated heterocycles. The third kappa shape index (κ3) is 2.22. The highest BCUT2D eigenvalue weighted by atomic mass is 16.4. The highest BCUT2D eigenvalue weighted by Gasteiger charge is 2.07. The molecule has 0 atom stereocenters. The number of hydrogen-bond donors (Lipinski definition) is 3. The summed E-state index contributed by atoms with van der Waals surface area (Å²) in [6, 6.07) is 3.34. The zero-order chi connectivity index (χ0) is 12.3.